The van der Waals surface area contributed by atoms with Gasteiger partial charge in [0.1, 0.15) is 0 Å². The zero-order valence-corrected chi connectivity index (χ0v) is 14.0. The van der Waals surface area contributed by atoms with Crippen LogP contribution < -0.4 is 10.2 Å². The van der Waals surface area contributed by atoms with Crippen molar-refractivity contribution in [3.8, 4) is 0 Å². The fourth-order valence-corrected chi connectivity index (χ4v) is 2.30. The van der Waals surface area contributed by atoms with Crippen LogP contribution in [0.25, 0.3) is 0 Å². The van der Waals surface area contributed by atoms with Gasteiger partial charge in [0.25, 0.3) is 0 Å². The first-order valence-electron chi connectivity index (χ1n) is 7.22. The zero-order valence-electron chi connectivity index (χ0n) is 13.2. The van der Waals surface area contributed by atoms with Gasteiger partial charge in [0.2, 0.25) is 0 Å². The third-order valence-electron chi connectivity index (χ3n) is 3.05. The predicted octanol–water partition coefficient (Wildman–Crippen LogP) is 3.44. The molecule has 0 aliphatic heterocycles. The van der Waals surface area contributed by atoms with Crippen molar-refractivity contribution in [2.24, 2.45) is 0 Å². The second-order valence-corrected chi connectivity index (χ2v) is 6.57. The van der Waals surface area contributed by atoms with Crippen molar-refractivity contribution in [2.75, 3.05) is 18.0 Å². The molecule has 1 aromatic rings. The maximum Gasteiger partial charge on any atom is 0.0765 e. The Balaban J connectivity index is 3.02. The third kappa shape index (κ3) is 5.70. The van der Waals surface area contributed by atoms with Crippen LogP contribution in [0.4, 0.5) is 5.69 Å². The molecule has 0 bridgehead atoms. The molecule has 0 amide bonds. The highest BCUT2D eigenvalue weighted by Crippen LogP contribution is 2.26. The topological polar surface area (TPSA) is 35.5 Å². The molecule has 3 nitrogen and oxygen atoms in total. The van der Waals surface area contributed by atoms with Gasteiger partial charge in [-0.2, -0.15) is 0 Å². The maximum atomic E-state index is 10.1. The largest absolute Gasteiger partial charge is 0.389 e. The van der Waals surface area contributed by atoms with Gasteiger partial charge in [-0.3, -0.25) is 0 Å². The molecule has 0 saturated carbocycles. The summed E-state index contributed by atoms with van der Waals surface area (Å²) >= 11 is 6.14. The van der Waals surface area contributed by atoms with Crippen molar-refractivity contribution < 1.29 is 5.11 Å². The lowest BCUT2D eigenvalue weighted by Gasteiger charge is -2.31. The fourth-order valence-electron chi connectivity index (χ4n) is 2.13. The summed E-state index contributed by atoms with van der Waals surface area (Å²) in [7, 11) is 0. The molecular formula is C16H27ClN2O. The summed E-state index contributed by atoms with van der Waals surface area (Å²) in [6.07, 6.45) is 0. The minimum atomic E-state index is -0.735. The van der Waals surface area contributed by atoms with Crippen molar-refractivity contribution in [1.29, 1.82) is 0 Å². The second kappa shape index (κ2) is 7.30. The molecule has 1 aromatic carbocycles. The van der Waals surface area contributed by atoms with Crippen molar-refractivity contribution >= 4 is 17.3 Å². The van der Waals surface area contributed by atoms with Crippen LogP contribution in [0, 0.1) is 0 Å². The number of aliphatic hydroxyl groups is 1. The van der Waals surface area contributed by atoms with Crippen LogP contribution in [0.15, 0.2) is 18.2 Å². The molecule has 20 heavy (non-hydrogen) atoms. The van der Waals surface area contributed by atoms with Crippen molar-refractivity contribution in [1.82, 2.24) is 5.32 Å². The van der Waals surface area contributed by atoms with E-state index in [2.05, 4.69) is 37.1 Å². The van der Waals surface area contributed by atoms with Gasteiger partial charge in [-0.05, 0) is 38.5 Å². The summed E-state index contributed by atoms with van der Waals surface area (Å²) in [5.74, 6) is 0. The Morgan fingerprint density at radius 3 is 2.50 bits per heavy atom. The molecule has 0 saturated heterocycles. The van der Waals surface area contributed by atoms with Crippen LogP contribution >= 0.6 is 11.6 Å². The summed E-state index contributed by atoms with van der Waals surface area (Å²) in [6.45, 7) is 12.2. The SMILES string of the molecule is CCN(CC(C)(C)O)c1cc(Cl)ccc1CNC(C)C. The van der Waals surface area contributed by atoms with Crippen LogP contribution in [0.3, 0.4) is 0 Å². The molecule has 0 atom stereocenters. The van der Waals surface area contributed by atoms with Crippen molar-refractivity contribution in [2.45, 2.75) is 52.8 Å². The highest BCUT2D eigenvalue weighted by Gasteiger charge is 2.19. The van der Waals surface area contributed by atoms with Crippen LogP contribution in [0.1, 0.15) is 40.2 Å². The lowest BCUT2D eigenvalue weighted by atomic mass is 10.1. The number of nitrogens with one attached hydrogen (secondary N) is 1. The lowest BCUT2D eigenvalue weighted by Crippen LogP contribution is -2.39. The number of halogens is 1. The fraction of sp³-hybridized carbons (Fsp3) is 0.625. The Hall–Kier alpha value is -0.770. The van der Waals surface area contributed by atoms with Crippen LogP contribution in [0.2, 0.25) is 5.02 Å². The van der Waals surface area contributed by atoms with Crippen molar-refractivity contribution in [3.05, 3.63) is 28.8 Å². The summed E-state index contributed by atoms with van der Waals surface area (Å²) < 4.78 is 0. The van der Waals surface area contributed by atoms with E-state index in [1.54, 1.807) is 0 Å². The van der Waals surface area contributed by atoms with E-state index in [0.717, 1.165) is 23.8 Å². The van der Waals surface area contributed by atoms with Gasteiger partial charge in [-0.25, -0.2) is 0 Å². The van der Waals surface area contributed by atoms with Gasteiger partial charge >= 0.3 is 0 Å². The normalized spacial score (nSPS) is 12.0. The summed E-state index contributed by atoms with van der Waals surface area (Å²) in [5.41, 5.74) is 1.56. The number of rotatable bonds is 7. The maximum absolute atomic E-state index is 10.1. The van der Waals surface area contributed by atoms with Crippen molar-refractivity contribution in [3.63, 3.8) is 0 Å². The Bertz CT molecular complexity index is 427. The van der Waals surface area contributed by atoms with Gasteiger partial charge in [0.05, 0.1) is 5.60 Å². The molecule has 1 rings (SSSR count). The first-order chi connectivity index (χ1) is 9.23. The van der Waals surface area contributed by atoms with Gasteiger partial charge < -0.3 is 15.3 Å². The lowest BCUT2D eigenvalue weighted by molar-refractivity contribution is 0.0875. The Kier molecular flexibility index (Phi) is 6.31. The number of benzene rings is 1. The Labute approximate surface area is 127 Å². The number of hydrogen-bond acceptors (Lipinski definition) is 3. The molecular weight excluding hydrogens is 272 g/mol. The minimum absolute atomic E-state index is 0.433. The van der Waals surface area contributed by atoms with E-state index in [0.29, 0.717) is 12.6 Å². The number of hydrogen-bond donors (Lipinski definition) is 2. The molecule has 4 heteroatoms. The molecule has 0 spiro atoms. The molecule has 0 fully saturated rings. The van der Waals surface area contributed by atoms with Crippen LogP contribution in [-0.4, -0.2) is 29.8 Å². The third-order valence-corrected chi connectivity index (χ3v) is 3.28. The molecule has 2 N–H and O–H groups in total. The molecule has 0 aliphatic rings. The molecule has 0 aromatic heterocycles. The molecule has 0 aliphatic carbocycles. The second-order valence-electron chi connectivity index (χ2n) is 6.14. The molecule has 0 radical (unpaired) electrons. The summed E-state index contributed by atoms with van der Waals surface area (Å²) in [5, 5.41) is 14.2. The molecule has 0 unspecified atom stereocenters. The average Bonchev–Trinajstić information content (AvgIpc) is 2.33. The van der Waals surface area contributed by atoms with E-state index in [1.807, 2.05) is 26.0 Å². The van der Waals surface area contributed by atoms with E-state index in [-0.39, 0.29) is 0 Å². The van der Waals surface area contributed by atoms with E-state index >= 15 is 0 Å². The molecule has 0 heterocycles. The van der Waals surface area contributed by atoms with Crippen LogP contribution in [-0.2, 0) is 6.54 Å². The predicted molar refractivity (Wildman–Crippen MR) is 87.6 cm³/mol. The van der Waals surface area contributed by atoms with Gasteiger partial charge in [0.15, 0.2) is 0 Å². The van der Waals surface area contributed by atoms with E-state index in [1.165, 1.54) is 5.56 Å². The van der Waals surface area contributed by atoms with E-state index in [4.69, 9.17) is 11.6 Å². The quantitative estimate of drug-likeness (QED) is 0.809. The number of nitrogens with zero attached hydrogens (tertiary/aromatic N) is 1. The smallest absolute Gasteiger partial charge is 0.0765 e. The minimum Gasteiger partial charge on any atom is -0.389 e. The van der Waals surface area contributed by atoms with Gasteiger partial charge in [-0.1, -0.05) is 31.5 Å². The Morgan fingerprint density at radius 1 is 1.35 bits per heavy atom. The number of likely N-dealkylation sites (N-methyl/N-ethyl adjacent to an activating group) is 1. The van der Waals surface area contributed by atoms with E-state index in [9.17, 15) is 5.11 Å². The van der Waals surface area contributed by atoms with Gasteiger partial charge in [-0.15, -0.1) is 0 Å². The monoisotopic (exact) mass is 298 g/mol. The highest BCUT2D eigenvalue weighted by molar-refractivity contribution is 6.30. The number of anilines is 1. The summed E-state index contributed by atoms with van der Waals surface area (Å²) in [4.78, 5) is 2.17. The molecule has 114 valence electrons. The summed E-state index contributed by atoms with van der Waals surface area (Å²) in [6, 6.07) is 6.39. The van der Waals surface area contributed by atoms with E-state index < -0.39 is 5.60 Å². The zero-order chi connectivity index (χ0) is 15.3. The van der Waals surface area contributed by atoms with Gasteiger partial charge in [0, 0.05) is 36.4 Å². The average molecular weight is 299 g/mol. The van der Waals surface area contributed by atoms with Crippen LogP contribution in [0.5, 0.6) is 0 Å². The standard InChI is InChI=1S/C16H27ClN2O/c1-6-19(11-16(4,5)20)15-9-14(17)8-7-13(15)10-18-12(2)3/h7-9,12,18,20H,6,10-11H2,1-5H3. The first kappa shape index (κ1) is 17.3. The Morgan fingerprint density at radius 2 is 2.00 bits per heavy atom. The first-order valence-corrected chi connectivity index (χ1v) is 7.60. The highest BCUT2D eigenvalue weighted by atomic mass is 35.5.